The Morgan fingerprint density at radius 3 is 2.93 bits per heavy atom. The molecule has 4 rings (SSSR count). The van der Waals surface area contributed by atoms with Gasteiger partial charge in [-0.25, -0.2) is 0 Å². The summed E-state index contributed by atoms with van der Waals surface area (Å²) in [6, 6.07) is 7.93. The minimum atomic E-state index is -0.528. The number of benzene rings is 1. The number of aromatic nitrogens is 2. The molecule has 1 saturated heterocycles. The van der Waals surface area contributed by atoms with Gasteiger partial charge in [0.05, 0.1) is 10.8 Å². The van der Waals surface area contributed by atoms with E-state index < -0.39 is 4.92 Å². The van der Waals surface area contributed by atoms with Crippen molar-refractivity contribution in [2.24, 2.45) is 0 Å². The number of nitro groups is 1. The van der Waals surface area contributed by atoms with Gasteiger partial charge < -0.3 is 9.32 Å². The van der Waals surface area contributed by atoms with Crippen LogP contribution in [0.3, 0.4) is 0 Å². The fourth-order valence-corrected chi connectivity index (χ4v) is 3.88. The molecule has 1 aliphatic rings. The summed E-state index contributed by atoms with van der Waals surface area (Å²) < 4.78 is 5.80. The van der Waals surface area contributed by atoms with Crippen molar-refractivity contribution in [3.05, 3.63) is 62.7 Å². The Kier molecular flexibility index (Phi) is 4.68. The fourth-order valence-electron chi connectivity index (χ4n) is 3.25. The normalized spacial score (nSPS) is 17.0. The van der Waals surface area contributed by atoms with E-state index in [0.29, 0.717) is 24.9 Å². The van der Waals surface area contributed by atoms with Gasteiger partial charge in [-0.3, -0.25) is 14.9 Å². The quantitative estimate of drug-likeness (QED) is 0.502. The van der Waals surface area contributed by atoms with Gasteiger partial charge in [-0.05, 0) is 30.4 Å². The van der Waals surface area contributed by atoms with Gasteiger partial charge in [-0.1, -0.05) is 12.1 Å². The third-order valence-corrected chi connectivity index (χ3v) is 5.28. The van der Waals surface area contributed by atoms with Gasteiger partial charge in [0.25, 0.3) is 11.6 Å². The van der Waals surface area contributed by atoms with Crippen LogP contribution in [0.1, 0.15) is 35.0 Å². The van der Waals surface area contributed by atoms with Crippen LogP contribution in [0.4, 0.5) is 5.69 Å². The molecule has 1 atom stereocenters. The second kappa shape index (κ2) is 7.28. The van der Waals surface area contributed by atoms with Gasteiger partial charge in [-0.2, -0.15) is 11.3 Å². The number of para-hydroxylation sites is 1. The first kappa shape index (κ1) is 17.3. The summed E-state index contributed by atoms with van der Waals surface area (Å²) in [6.07, 6.45) is 1.60. The van der Waals surface area contributed by atoms with Crippen LogP contribution in [-0.4, -0.2) is 39.0 Å². The summed E-state index contributed by atoms with van der Waals surface area (Å²) in [5.41, 5.74) is 0.803. The Hall–Kier alpha value is -3.07. The van der Waals surface area contributed by atoms with Gasteiger partial charge in [0.2, 0.25) is 11.8 Å². The van der Waals surface area contributed by atoms with Gasteiger partial charge in [-0.15, -0.1) is 10.2 Å². The molecule has 8 nitrogen and oxygen atoms in total. The molecule has 0 aliphatic carbocycles. The van der Waals surface area contributed by atoms with Crippen LogP contribution in [0, 0.1) is 10.1 Å². The smallest absolute Gasteiger partial charge is 0.282 e. The Morgan fingerprint density at radius 1 is 1.30 bits per heavy atom. The molecule has 0 radical (unpaired) electrons. The van der Waals surface area contributed by atoms with Crippen LogP contribution >= 0.6 is 11.3 Å². The molecule has 0 spiro atoms. The summed E-state index contributed by atoms with van der Waals surface area (Å²) >= 11 is 1.55. The summed E-state index contributed by atoms with van der Waals surface area (Å²) in [5, 5.41) is 23.3. The number of hydrogen-bond donors (Lipinski definition) is 0. The average Bonchev–Trinajstić information content (AvgIpc) is 3.39. The van der Waals surface area contributed by atoms with E-state index in [4.69, 9.17) is 4.42 Å². The molecule has 0 bridgehead atoms. The molecular formula is C18H16N4O4S. The van der Waals surface area contributed by atoms with Crippen LogP contribution in [0.2, 0.25) is 0 Å². The average molecular weight is 384 g/mol. The fraction of sp³-hybridized carbons (Fsp3) is 0.278. The zero-order chi connectivity index (χ0) is 18.8. The lowest BCUT2D eigenvalue weighted by molar-refractivity contribution is -0.385. The standard InChI is InChI=1S/C18H16N4O4S/c23-18(14-5-1-2-6-15(14)22(24)25)21-8-3-4-12(10-21)16-19-20-17(26-16)13-7-9-27-11-13/h1-2,5-7,9,11-12H,3-4,8,10H2. The minimum Gasteiger partial charge on any atom is -0.420 e. The van der Waals surface area contributed by atoms with E-state index in [1.807, 2.05) is 16.8 Å². The molecule has 27 heavy (non-hydrogen) atoms. The highest BCUT2D eigenvalue weighted by atomic mass is 32.1. The lowest BCUT2D eigenvalue weighted by atomic mass is 9.97. The highest BCUT2D eigenvalue weighted by Gasteiger charge is 2.31. The third kappa shape index (κ3) is 3.45. The molecule has 3 heterocycles. The number of nitro benzene ring substituents is 1. The Labute approximate surface area is 158 Å². The lowest BCUT2D eigenvalue weighted by Crippen LogP contribution is -2.39. The van der Waals surface area contributed by atoms with E-state index in [0.717, 1.165) is 18.4 Å². The van der Waals surface area contributed by atoms with Crippen molar-refractivity contribution in [2.45, 2.75) is 18.8 Å². The maximum atomic E-state index is 12.9. The first-order valence-electron chi connectivity index (χ1n) is 8.52. The summed E-state index contributed by atoms with van der Waals surface area (Å²) in [5.74, 6) is 0.541. The molecule has 138 valence electrons. The van der Waals surface area contributed by atoms with E-state index in [2.05, 4.69) is 10.2 Å². The number of amides is 1. The Balaban J connectivity index is 1.53. The van der Waals surface area contributed by atoms with Gasteiger partial charge >= 0.3 is 0 Å². The van der Waals surface area contributed by atoms with Crippen molar-refractivity contribution < 1.29 is 14.1 Å². The first-order valence-corrected chi connectivity index (χ1v) is 9.46. The number of rotatable bonds is 4. The SMILES string of the molecule is O=C(c1ccccc1[N+](=O)[O-])N1CCCC(c2nnc(-c3ccsc3)o2)C1. The van der Waals surface area contributed by atoms with E-state index in [9.17, 15) is 14.9 Å². The molecule has 1 aliphatic heterocycles. The predicted molar refractivity (Wildman–Crippen MR) is 98.6 cm³/mol. The van der Waals surface area contributed by atoms with E-state index in [1.54, 1.807) is 28.4 Å². The maximum Gasteiger partial charge on any atom is 0.282 e. The largest absolute Gasteiger partial charge is 0.420 e. The van der Waals surface area contributed by atoms with Crippen LogP contribution < -0.4 is 0 Å². The van der Waals surface area contributed by atoms with Crippen molar-refractivity contribution >= 4 is 22.9 Å². The predicted octanol–water partition coefficient (Wildman–Crippen LogP) is 3.73. The number of hydrogen-bond acceptors (Lipinski definition) is 7. The molecule has 0 saturated carbocycles. The van der Waals surface area contributed by atoms with Crippen molar-refractivity contribution in [1.29, 1.82) is 0 Å². The van der Waals surface area contributed by atoms with Crippen LogP contribution in [0.25, 0.3) is 11.5 Å². The monoisotopic (exact) mass is 384 g/mol. The second-order valence-corrected chi connectivity index (χ2v) is 7.10. The Morgan fingerprint density at radius 2 is 2.15 bits per heavy atom. The number of carbonyl (C=O) groups excluding carboxylic acids is 1. The molecule has 1 unspecified atom stereocenters. The number of nitrogens with zero attached hydrogens (tertiary/aromatic N) is 4. The highest BCUT2D eigenvalue weighted by molar-refractivity contribution is 7.08. The maximum absolute atomic E-state index is 12.9. The van der Waals surface area contributed by atoms with Crippen LogP contribution in [-0.2, 0) is 0 Å². The van der Waals surface area contributed by atoms with Crippen molar-refractivity contribution in [1.82, 2.24) is 15.1 Å². The zero-order valence-electron chi connectivity index (χ0n) is 14.3. The van der Waals surface area contributed by atoms with Gasteiger partial charge in [0.15, 0.2) is 0 Å². The highest BCUT2D eigenvalue weighted by Crippen LogP contribution is 2.30. The molecule has 1 aromatic carbocycles. The molecular weight excluding hydrogens is 368 g/mol. The lowest BCUT2D eigenvalue weighted by Gasteiger charge is -2.31. The molecule has 9 heteroatoms. The summed E-state index contributed by atoms with van der Waals surface area (Å²) in [7, 11) is 0. The zero-order valence-corrected chi connectivity index (χ0v) is 15.1. The molecule has 3 aromatic rings. The number of piperidine rings is 1. The van der Waals surface area contributed by atoms with Gasteiger partial charge in [0, 0.05) is 30.1 Å². The second-order valence-electron chi connectivity index (χ2n) is 6.32. The van der Waals surface area contributed by atoms with Crippen LogP contribution in [0.5, 0.6) is 0 Å². The minimum absolute atomic E-state index is 0.0784. The molecule has 0 N–H and O–H groups in total. The van der Waals surface area contributed by atoms with Crippen molar-refractivity contribution in [3.63, 3.8) is 0 Å². The summed E-state index contributed by atoms with van der Waals surface area (Å²) in [6.45, 7) is 0.947. The molecule has 2 aromatic heterocycles. The molecule has 1 fully saturated rings. The molecule has 1 amide bonds. The Bertz CT molecular complexity index is 969. The summed E-state index contributed by atoms with van der Waals surface area (Å²) in [4.78, 5) is 25.2. The number of likely N-dealkylation sites (tertiary alicyclic amines) is 1. The van der Waals surface area contributed by atoms with Crippen LogP contribution in [0.15, 0.2) is 45.5 Å². The van der Waals surface area contributed by atoms with Crippen molar-refractivity contribution in [3.8, 4) is 11.5 Å². The van der Waals surface area contributed by atoms with Gasteiger partial charge in [0.1, 0.15) is 5.56 Å². The third-order valence-electron chi connectivity index (χ3n) is 4.60. The van der Waals surface area contributed by atoms with E-state index in [1.165, 1.54) is 12.1 Å². The van der Waals surface area contributed by atoms with E-state index in [-0.39, 0.29) is 23.1 Å². The van der Waals surface area contributed by atoms with E-state index >= 15 is 0 Å². The topological polar surface area (TPSA) is 102 Å². The first-order chi connectivity index (χ1) is 13.1. The number of carbonyl (C=O) groups is 1. The van der Waals surface area contributed by atoms with Crippen molar-refractivity contribution in [2.75, 3.05) is 13.1 Å². The number of thiophene rings is 1.